The van der Waals surface area contributed by atoms with Gasteiger partial charge >= 0.3 is 0 Å². The van der Waals surface area contributed by atoms with E-state index in [9.17, 15) is 4.79 Å². The smallest absolute Gasteiger partial charge is 0.251 e. The number of benzene rings is 2. The third kappa shape index (κ3) is 5.62. The second kappa shape index (κ2) is 10.4. The minimum absolute atomic E-state index is 0.0669. The molecule has 0 aliphatic carbocycles. The summed E-state index contributed by atoms with van der Waals surface area (Å²) in [7, 11) is 2.14. The van der Waals surface area contributed by atoms with Crippen molar-refractivity contribution in [2.24, 2.45) is 0 Å². The zero-order valence-electron chi connectivity index (χ0n) is 19.6. The number of halogens is 1. The Morgan fingerprint density at radius 3 is 2.54 bits per heavy atom. The summed E-state index contributed by atoms with van der Waals surface area (Å²) in [6.45, 7) is 5.75. The van der Waals surface area contributed by atoms with Gasteiger partial charge in [0.25, 0.3) is 5.91 Å². The summed E-state index contributed by atoms with van der Waals surface area (Å²) < 4.78 is 1.79. The molecule has 4 aromatic rings. The van der Waals surface area contributed by atoms with Gasteiger partial charge < -0.3 is 15.5 Å². The third-order valence-corrected chi connectivity index (χ3v) is 6.43. The van der Waals surface area contributed by atoms with E-state index in [1.165, 1.54) is 0 Å². The highest BCUT2D eigenvalue weighted by Gasteiger charge is 2.14. The van der Waals surface area contributed by atoms with E-state index in [2.05, 4.69) is 37.6 Å². The number of piperazine rings is 1. The van der Waals surface area contributed by atoms with Gasteiger partial charge in [0.1, 0.15) is 0 Å². The first-order valence-corrected chi connectivity index (χ1v) is 12.1. The quantitative estimate of drug-likeness (QED) is 0.411. The fourth-order valence-corrected chi connectivity index (χ4v) is 4.35. The van der Waals surface area contributed by atoms with Gasteiger partial charge in [-0.25, -0.2) is 4.52 Å². The Balaban J connectivity index is 1.21. The number of aromatic nitrogens is 3. The SMILES string of the molecule is CN1CCN(CCNC(=O)c2ccc(Nc3nc4cccc(-c5cccc(Cl)c5)n4n3)cc2)CC1. The first-order valence-electron chi connectivity index (χ1n) is 11.7. The summed E-state index contributed by atoms with van der Waals surface area (Å²) in [5, 5.41) is 11.5. The molecule has 8 nitrogen and oxygen atoms in total. The van der Waals surface area contributed by atoms with Crippen LogP contribution in [0.1, 0.15) is 10.4 Å². The average Bonchev–Trinajstić information content (AvgIpc) is 3.28. The number of fused-ring (bicyclic) bond motifs is 1. The van der Waals surface area contributed by atoms with Crippen LogP contribution in [0.25, 0.3) is 16.9 Å². The number of hydrogen-bond donors (Lipinski definition) is 2. The molecule has 9 heteroatoms. The first-order chi connectivity index (χ1) is 17.0. The molecule has 1 aliphatic heterocycles. The van der Waals surface area contributed by atoms with Crippen molar-refractivity contribution < 1.29 is 4.79 Å². The molecule has 0 saturated carbocycles. The molecule has 1 amide bonds. The molecule has 3 heterocycles. The predicted octanol–water partition coefficient (Wildman–Crippen LogP) is 3.77. The van der Waals surface area contributed by atoms with Crippen molar-refractivity contribution in [3.05, 3.63) is 77.3 Å². The molecule has 180 valence electrons. The van der Waals surface area contributed by atoms with Gasteiger partial charge in [0.15, 0.2) is 5.65 Å². The Morgan fingerprint density at radius 2 is 1.77 bits per heavy atom. The molecular formula is C26H28ClN7O. The molecule has 35 heavy (non-hydrogen) atoms. The van der Waals surface area contributed by atoms with Crippen molar-refractivity contribution in [1.82, 2.24) is 29.7 Å². The van der Waals surface area contributed by atoms with E-state index >= 15 is 0 Å². The molecule has 5 rings (SSSR count). The van der Waals surface area contributed by atoms with E-state index in [1.54, 1.807) is 16.6 Å². The lowest BCUT2D eigenvalue weighted by atomic mass is 10.1. The van der Waals surface area contributed by atoms with E-state index < -0.39 is 0 Å². The number of carbonyl (C=O) groups is 1. The Bertz CT molecular complexity index is 1310. The zero-order chi connectivity index (χ0) is 24.2. The molecule has 2 aromatic carbocycles. The number of anilines is 2. The van der Waals surface area contributed by atoms with Crippen molar-refractivity contribution in [3.63, 3.8) is 0 Å². The molecule has 2 N–H and O–H groups in total. The van der Waals surface area contributed by atoms with Gasteiger partial charge in [-0.2, -0.15) is 4.98 Å². The van der Waals surface area contributed by atoms with Crippen molar-refractivity contribution in [1.29, 1.82) is 0 Å². The number of carbonyl (C=O) groups excluding carboxylic acids is 1. The van der Waals surface area contributed by atoms with Gasteiger partial charge in [-0.1, -0.05) is 29.8 Å². The number of nitrogens with zero attached hydrogens (tertiary/aromatic N) is 5. The number of likely N-dealkylation sites (N-methyl/N-ethyl adjacent to an activating group) is 1. The fourth-order valence-electron chi connectivity index (χ4n) is 4.16. The number of amides is 1. The van der Waals surface area contributed by atoms with E-state index in [-0.39, 0.29) is 5.91 Å². The molecule has 0 atom stereocenters. The van der Waals surface area contributed by atoms with Crippen LogP contribution in [-0.2, 0) is 0 Å². The van der Waals surface area contributed by atoms with Crippen LogP contribution in [0.5, 0.6) is 0 Å². The summed E-state index contributed by atoms with van der Waals surface area (Å²) >= 11 is 6.17. The van der Waals surface area contributed by atoms with Crippen molar-refractivity contribution in [3.8, 4) is 11.3 Å². The molecule has 1 aliphatic rings. The van der Waals surface area contributed by atoms with Gasteiger partial charge in [0.2, 0.25) is 5.95 Å². The first kappa shape index (κ1) is 23.3. The van der Waals surface area contributed by atoms with E-state index in [0.717, 1.165) is 55.3 Å². The van der Waals surface area contributed by atoms with Gasteiger partial charge in [0.05, 0.1) is 5.69 Å². The molecule has 0 bridgehead atoms. The zero-order valence-corrected chi connectivity index (χ0v) is 20.4. The largest absolute Gasteiger partial charge is 0.351 e. The van der Waals surface area contributed by atoms with Crippen LogP contribution in [0.4, 0.5) is 11.6 Å². The fraction of sp³-hybridized carbons (Fsp3) is 0.269. The van der Waals surface area contributed by atoms with Gasteiger partial charge in [-0.3, -0.25) is 9.69 Å². The maximum Gasteiger partial charge on any atom is 0.251 e. The lowest BCUT2D eigenvalue weighted by molar-refractivity contribution is 0.0941. The normalized spacial score (nSPS) is 14.8. The van der Waals surface area contributed by atoms with Crippen LogP contribution < -0.4 is 10.6 Å². The second-order valence-corrected chi connectivity index (χ2v) is 9.17. The molecule has 2 aromatic heterocycles. The predicted molar refractivity (Wildman–Crippen MR) is 139 cm³/mol. The maximum atomic E-state index is 12.5. The maximum absolute atomic E-state index is 12.5. The molecule has 0 unspecified atom stereocenters. The summed E-state index contributed by atoms with van der Waals surface area (Å²) in [5.74, 6) is 0.409. The topological polar surface area (TPSA) is 77.8 Å². The Morgan fingerprint density at radius 1 is 1.00 bits per heavy atom. The number of pyridine rings is 1. The highest BCUT2D eigenvalue weighted by Crippen LogP contribution is 2.24. The van der Waals surface area contributed by atoms with Crippen LogP contribution >= 0.6 is 11.6 Å². The lowest BCUT2D eigenvalue weighted by Crippen LogP contribution is -2.46. The third-order valence-electron chi connectivity index (χ3n) is 6.19. The van der Waals surface area contributed by atoms with E-state index in [0.29, 0.717) is 23.1 Å². The molecule has 1 fully saturated rings. The van der Waals surface area contributed by atoms with Crippen LogP contribution in [0.3, 0.4) is 0 Å². The van der Waals surface area contributed by atoms with Gasteiger partial charge in [-0.05, 0) is 55.6 Å². The minimum atomic E-state index is -0.0669. The van der Waals surface area contributed by atoms with Crippen LogP contribution in [-0.4, -0.2) is 76.6 Å². The standard InChI is InChI=1S/C26H28ClN7O/c1-32-14-16-33(17-15-32)13-12-28-25(35)19-8-10-22(11-9-19)29-26-30-24-7-3-6-23(34(24)31-26)20-4-2-5-21(27)18-20/h2-11,18H,12-17H2,1H3,(H,28,35)(H,29,31). The Kier molecular flexibility index (Phi) is 6.94. The summed E-state index contributed by atoms with van der Waals surface area (Å²) in [5.41, 5.74) is 4.01. The highest BCUT2D eigenvalue weighted by molar-refractivity contribution is 6.30. The minimum Gasteiger partial charge on any atom is -0.351 e. The van der Waals surface area contributed by atoms with E-state index in [4.69, 9.17) is 11.6 Å². The summed E-state index contributed by atoms with van der Waals surface area (Å²) in [6, 6.07) is 20.8. The van der Waals surface area contributed by atoms with Crippen molar-refractivity contribution in [2.45, 2.75) is 0 Å². The second-order valence-electron chi connectivity index (χ2n) is 8.73. The highest BCUT2D eigenvalue weighted by atomic mass is 35.5. The van der Waals surface area contributed by atoms with Crippen LogP contribution in [0.2, 0.25) is 5.02 Å². The van der Waals surface area contributed by atoms with Crippen LogP contribution in [0, 0.1) is 0 Å². The summed E-state index contributed by atoms with van der Waals surface area (Å²) in [4.78, 5) is 21.8. The molecule has 0 spiro atoms. The van der Waals surface area contributed by atoms with Gasteiger partial charge in [0, 0.05) is 61.1 Å². The Labute approximate surface area is 209 Å². The Hall–Kier alpha value is -3.46. The number of nitrogens with one attached hydrogen (secondary N) is 2. The number of rotatable bonds is 7. The molecule has 1 saturated heterocycles. The monoisotopic (exact) mass is 489 g/mol. The van der Waals surface area contributed by atoms with Crippen molar-refractivity contribution in [2.75, 3.05) is 51.6 Å². The van der Waals surface area contributed by atoms with Crippen molar-refractivity contribution >= 4 is 34.8 Å². The molecular weight excluding hydrogens is 462 g/mol. The average molecular weight is 490 g/mol. The number of hydrogen-bond acceptors (Lipinski definition) is 6. The lowest BCUT2D eigenvalue weighted by Gasteiger charge is -2.32. The van der Waals surface area contributed by atoms with Gasteiger partial charge in [-0.15, -0.1) is 5.10 Å². The van der Waals surface area contributed by atoms with Crippen LogP contribution in [0.15, 0.2) is 66.7 Å². The molecule has 0 radical (unpaired) electrons. The summed E-state index contributed by atoms with van der Waals surface area (Å²) in [6.07, 6.45) is 0. The van der Waals surface area contributed by atoms with E-state index in [1.807, 2.05) is 54.6 Å².